The normalized spacial score (nSPS) is 11.6. The van der Waals surface area contributed by atoms with Crippen LogP contribution in [0.25, 0.3) is 0 Å². The van der Waals surface area contributed by atoms with Crippen LogP contribution in [-0.4, -0.2) is 19.0 Å². The molecule has 1 aromatic carbocycles. The van der Waals surface area contributed by atoms with Crippen molar-refractivity contribution in [1.82, 2.24) is 5.32 Å². The summed E-state index contributed by atoms with van der Waals surface area (Å²) in [6.45, 7) is 0.203. The molecule has 2 aromatic heterocycles. The zero-order chi connectivity index (χ0) is 18.4. The molecule has 3 aromatic rings. The standard InChI is InChI=1S/C19H17NO5S/c1-23-14-8-6-13(7-9-14)17(25-19(22)16-5-3-11-26-16)18(21)20-12-15-4-2-10-24-15/h2-11,17H,12H2,1H3,(H,20,21)/t17-/m1/s1. The van der Waals surface area contributed by atoms with Crippen LogP contribution < -0.4 is 10.1 Å². The monoisotopic (exact) mass is 371 g/mol. The van der Waals surface area contributed by atoms with E-state index >= 15 is 0 Å². The number of hydrogen-bond acceptors (Lipinski definition) is 6. The highest BCUT2D eigenvalue weighted by Gasteiger charge is 2.26. The SMILES string of the molecule is COc1ccc([C@@H](OC(=O)c2cccs2)C(=O)NCc2ccco2)cc1. The number of nitrogens with one attached hydrogen (secondary N) is 1. The summed E-state index contributed by atoms with van der Waals surface area (Å²) < 4.78 is 15.8. The van der Waals surface area contributed by atoms with Crippen LogP contribution in [0.4, 0.5) is 0 Å². The highest BCUT2D eigenvalue weighted by molar-refractivity contribution is 7.11. The summed E-state index contributed by atoms with van der Waals surface area (Å²) in [5.41, 5.74) is 0.549. The third-order valence-corrected chi connectivity index (χ3v) is 4.47. The predicted octanol–water partition coefficient (Wildman–Crippen LogP) is 3.56. The van der Waals surface area contributed by atoms with Gasteiger partial charge < -0.3 is 19.2 Å². The summed E-state index contributed by atoms with van der Waals surface area (Å²) in [6.07, 6.45) is 0.449. The van der Waals surface area contributed by atoms with Gasteiger partial charge in [0.05, 0.1) is 19.9 Å². The zero-order valence-electron chi connectivity index (χ0n) is 14.0. The molecule has 6 nitrogen and oxygen atoms in total. The molecular weight excluding hydrogens is 354 g/mol. The van der Waals surface area contributed by atoms with Crippen molar-refractivity contribution in [3.63, 3.8) is 0 Å². The van der Waals surface area contributed by atoms with Crippen LogP contribution in [-0.2, 0) is 16.1 Å². The van der Waals surface area contributed by atoms with Gasteiger partial charge in [0.1, 0.15) is 16.4 Å². The quantitative estimate of drug-likeness (QED) is 0.643. The average molecular weight is 371 g/mol. The molecule has 0 radical (unpaired) electrons. The fraction of sp³-hybridized carbons (Fsp3) is 0.158. The second kappa shape index (κ2) is 8.35. The molecule has 0 unspecified atom stereocenters. The van der Waals surface area contributed by atoms with Crippen LogP contribution in [0, 0.1) is 0 Å². The van der Waals surface area contributed by atoms with Crippen molar-refractivity contribution < 1.29 is 23.5 Å². The van der Waals surface area contributed by atoms with E-state index in [9.17, 15) is 9.59 Å². The van der Waals surface area contributed by atoms with E-state index in [-0.39, 0.29) is 6.54 Å². The molecule has 0 spiro atoms. The second-order valence-corrected chi connectivity index (χ2v) is 6.28. The maximum Gasteiger partial charge on any atom is 0.349 e. The van der Waals surface area contributed by atoms with Crippen LogP contribution in [0.1, 0.15) is 27.1 Å². The number of ether oxygens (including phenoxy) is 2. The molecule has 0 aliphatic carbocycles. The minimum absolute atomic E-state index is 0.203. The molecule has 0 aliphatic heterocycles. The first-order chi connectivity index (χ1) is 12.7. The fourth-order valence-electron chi connectivity index (χ4n) is 2.29. The van der Waals surface area contributed by atoms with Crippen LogP contribution in [0.3, 0.4) is 0 Å². The Kier molecular flexibility index (Phi) is 5.70. The first-order valence-corrected chi connectivity index (χ1v) is 8.74. The summed E-state index contributed by atoms with van der Waals surface area (Å²) in [4.78, 5) is 25.4. The van der Waals surface area contributed by atoms with Gasteiger partial charge in [-0.2, -0.15) is 0 Å². The van der Waals surface area contributed by atoms with Crippen molar-refractivity contribution in [3.05, 3.63) is 76.4 Å². The van der Waals surface area contributed by atoms with E-state index in [1.165, 1.54) is 17.6 Å². The number of methoxy groups -OCH3 is 1. The number of furan rings is 1. The van der Waals surface area contributed by atoms with Crippen LogP contribution >= 0.6 is 11.3 Å². The van der Waals surface area contributed by atoms with Crippen molar-refractivity contribution in [3.8, 4) is 5.75 Å². The smallest absolute Gasteiger partial charge is 0.349 e. The molecule has 0 bridgehead atoms. The Bertz CT molecular complexity index is 841. The van der Waals surface area contributed by atoms with Crippen LogP contribution in [0.2, 0.25) is 0 Å². The summed E-state index contributed by atoms with van der Waals surface area (Å²) >= 11 is 1.26. The van der Waals surface area contributed by atoms with Gasteiger partial charge >= 0.3 is 5.97 Å². The molecule has 134 valence electrons. The van der Waals surface area contributed by atoms with Crippen LogP contribution in [0.5, 0.6) is 5.75 Å². The predicted molar refractivity (Wildman–Crippen MR) is 96.0 cm³/mol. The van der Waals surface area contributed by atoms with Gasteiger partial charge in [-0.1, -0.05) is 18.2 Å². The lowest BCUT2D eigenvalue weighted by Crippen LogP contribution is -2.31. The van der Waals surface area contributed by atoms with Gasteiger partial charge in [-0.15, -0.1) is 11.3 Å². The lowest BCUT2D eigenvalue weighted by Gasteiger charge is -2.17. The van der Waals surface area contributed by atoms with Crippen molar-refractivity contribution in [2.24, 2.45) is 0 Å². The van der Waals surface area contributed by atoms with Crippen LogP contribution in [0.15, 0.2) is 64.6 Å². The molecular formula is C19H17NO5S. The molecule has 2 heterocycles. The molecule has 0 aliphatic rings. The fourth-order valence-corrected chi connectivity index (χ4v) is 2.90. The maximum atomic E-state index is 12.6. The van der Waals surface area contributed by atoms with E-state index < -0.39 is 18.0 Å². The zero-order valence-corrected chi connectivity index (χ0v) is 14.8. The average Bonchev–Trinajstić information content (AvgIpc) is 3.38. The Morgan fingerprint density at radius 1 is 1.15 bits per heavy atom. The summed E-state index contributed by atoms with van der Waals surface area (Å²) in [6, 6.07) is 13.7. The number of amides is 1. The Morgan fingerprint density at radius 2 is 1.96 bits per heavy atom. The van der Waals surface area contributed by atoms with E-state index in [4.69, 9.17) is 13.9 Å². The van der Waals surface area contributed by atoms with E-state index in [0.717, 1.165) is 0 Å². The number of carbonyl (C=O) groups is 2. The van der Waals surface area contributed by atoms with Crippen molar-refractivity contribution in [2.75, 3.05) is 7.11 Å². The Balaban J connectivity index is 1.77. The van der Waals surface area contributed by atoms with Gasteiger partial charge in [-0.25, -0.2) is 4.79 Å². The molecule has 3 rings (SSSR count). The lowest BCUT2D eigenvalue weighted by atomic mass is 10.1. The third kappa shape index (κ3) is 4.31. The van der Waals surface area contributed by atoms with Gasteiger partial charge in [0.2, 0.25) is 6.10 Å². The number of benzene rings is 1. The molecule has 1 amide bonds. The minimum atomic E-state index is -1.08. The first kappa shape index (κ1) is 17.8. The number of carbonyl (C=O) groups excluding carboxylic acids is 2. The van der Waals surface area contributed by atoms with Gasteiger partial charge in [-0.05, 0) is 35.7 Å². The molecule has 7 heteroatoms. The summed E-state index contributed by atoms with van der Waals surface area (Å²) in [7, 11) is 1.55. The van der Waals surface area contributed by atoms with Gasteiger partial charge in [0, 0.05) is 5.56 Å². The lowest BCUT2D eigenvalue weighted by molar-refractivity contribution is -0.130. The third-order valence-electron chi connectivity index (χ3n) is 3.62. The van der Waals surface area contributed by atoms with E-state index in [2.05, 4.69) is 5.32 Å². The van der Waals surface area contributed by atoms with Gasteiger partial charge in [0.15, 0.2) is 0 Å². The number of thiophene rings is 1. The van der Waals surface area contributed by atoms with E-state index in [0.29, 0.717) is 22.0 Å². The topological polar surface area (TPSA) is 77.8 Å². The molecule has 0 fully saturated rings. The van der Waals surface area contributed by atoms with Crippen molar-refractivity contribution >= 4 is 23.2 Å². The maximum absolute atomic E-state index is 12.6. The molecule has 1 atom stereocenters. The van der Waals surface area contributed by atoms with Gasteiger partial charge in [0.25, 0.3) is 5.91 Å². The summed E-state index contributed by atoms with van der Waals surface area (Å²) in [5.74, 6) is 0.273. The largest absolute Gasteiger partial charge is 0.497 e. The minimum Gasteiger partial charge on any atom is -0.497 e. The highest BCUT2D eigenvalue weighted by Crippen LogP contribution is 2.23. The van der Waals surface area contributed by atoms with Crippen molar-refractivity contribution in [1.29, 1.82) is 0 Å². The van der Waals surface area contributed by atoms with Crippen molar-refractivity contribution in [2.45, 2.75) is 12.6 Å². The summed E-state index contributed by atoms with van der Waals surface area (Å²) in [5, 5.41) is 4.50. The Labute approximate surface area is 154 Å². The number of esters is 1. The molecule has 0 saturated heterocycles. The molecule has 0 saturated carbocycles. The Morgan fingerprint density at radius 3 is 2.58 bits per heavy atom. The van der Waals surface area contributed by atoms with E-state index in [1.807, 2.05) is 0 Å². The number of hydrogen-bond donors (Lipinski definition) is 1. The molecule has 26 heavy (non-hydrogen) atoms. The van der Waals surface area contributed by atoms with E-state index in [1.54, 1.807) is 61.0 Å². The highest BCUT2D eigenvalue weighted by atomic mass is 32.1. The molecule has 1 N–H and O–H groups in total. The Hall–Kier alpha value is -3.06. The number of rotatable bonds is 7. The second-order valence-electron chi connectivity index (χ2n) is 5.33. The first-order valence-electron chi connectivity index (χ1n) is 7.86. The van der Waals surface area contributed by atoms with Gasteiger partial charge in [-0.3, -0.25) is 4.79 Å².